The number of H-pyrrole nitrogens is 1. The van der Waals surface area contributed by atoms with Crippen molar-refractivity contribution in [1.29, 1.82) is 0 Å². The maximum absolute atomic E-state index is 9.78. The summed E-state index contributed by atoms with van der Waals surface area (Å²) in [5.74, 6) is 0.928. The van der Waals surface area contributed by atoms with E-state index in [9.17, 15) is 5.11 Å². The molecule has 2 heterocycles. The highest BCUT2D eigenvalue weighted by atomic mass is 16.5. The number of fused-ring (bicyclic) bond motifs is 2. The van der Waals surface area contributed by atoms with Crippen molar-refractivity contribution >= 4 is 10.9 Å². The summed E-state index contributed by atoms with van der Waals surface area (Å²) in [5.41, 5.74) is 5.39. The van der Waals surface area contributed by atoms with Crippen LogP contribution in [0, 0.1) is 5.92 Å². The third-order valence-electron chi connectivity index (χ3n) is 5.93. The minimum absolute atomic E-state index is 0.300. The number of aromatic nitrogens is 1. The molecule has 2 aliphatic rings. The largest absolute Gasteiger partial charge is 0.396 e. The van der Waals surface area contributed by atoms with Crippen LogP contribution in [0.15, 0.2) is 18.2 Å². The van der Waals surface area contributed by atoms with Crippen LogP contribution in [0.1, 0.15) is 42.5 Å². The lowest BCUT2D eigenvalue weighted by molar-refractivity contribution is 0.0568. The van der Waals surface area contributed by atoms with Crippen molar-refractivity contribution in [1.82, 2.24) is 9.88 Å². The predicted molar refractivity (Wildman–Crippen MR) is 96.3 cm³/mol. The summed E-state index contributed by atoms with van der Waals surface area (Å²) in [4.78, 5) is 6.21. The first-order valence-electron chi connectivity index (χ1n) is 9.23. The van der Waals surface area contributed by atoms with Gasteiger partial charge in [-0.2, -0.15) is 0 Å². The molecule has 1 aromatic carbocycles. The molecule has 4 heteroatoms. The number of methoxy groups -OCH3 is 1. The number of hydrogen-bond acceptors (Lipinski definition) is 3. The number of nitrogens with one attached hydrogen (secondary N) is 1. The third-order valence-corrected chi connectivity index (χ3v) is 5.93. The zero-order chi connectivity index (χ0) is 16.7. The molecule has 1 aromatic heterocycles. The molecule has 0 spiro atoms. The van der Waals surface area contributed by atoms with Crippen molar-refractivity contribution in [2.75, 3.05) is 26.8 Å². The Labute approximate surface area is 143 Å². The van der Waals surface area contributed by atoms with Crippen LogP contribution in [0.5, 0.6) is 0 Å². The van der Waals surface area contributed by atoms with Crippen LogP contribution in [0.2, 0.25) is 0 Å². The van der Waals surface area contributed by atoms with E-state index < -0.39 is 0 Å². The van der Waals surface area contributed by atoms with Crippen molar-refractivity contribution in [3.05, 3.63) is 35.0 Å². The van der Waals surface area contributed by atoms with E-state index in [0.717, 1.165) is 32.4 Å². The fraction of sp³-hybridized carbons (Fsp3) is 0.600. The molecule has 130 valence electrons. The van der Waals surface area contributed by atoms with Crippen molar-refractivity contribution in [3.63, 3.8) is 0 Å². The fourth-order valence-electron chi connectivity index (χ4n) is 5.01. The lowest BCUT2D eigenvalue weighted by Gasteiger charge is -2.47. The number of ether oxygens (including phenoxy) is 1. The van der Waals surface area contributed by atoms with Crippen LogP contribution in [-0.4, -0.2) is 47.8 Å². The molecular weight excluding hydrogens is 300 g/mol. The van der Waals surface area contributed by atoms with Gasteiger partial charge in [-0.15, -0.1) is 0 Å². The van der Waals surface area contributed by atoms with Gasteiger partial charge < -0.3 is 14.8 Å². The quantitative estimate of drug-likeness (QED) is 0.887. The number of hydrogen-bond donors (Lipinski definition) is 2. The molecule has 1 aliphatic carbocycles. The van der Waals surface area contributed by atoms with Gasteiger partial charge in [-0.1, -0.05) is 19.1 Å². The second-order valence-electron chi connectivity index (χ2n) is 7.44. The number of rotatable bonds is 5. The Hall–Kier alpha value is -1.36. The van der Waals surface area contributed by atoms with Crippen LogP contribution in [0.4, 0.5) is 0 Å². The van der Waals surface area contributed by atoms with E-state index in [-0.39, 0.29) is 0 Å². The van der Waals surface area contributed by atoms with Gasteiger partial charge in [0.25, 0.3) is 0 Å². The lowest BCUT2D eigenvalue weighted by atomic mass is 9.72. The third kappa shape index (κ3) is 2.48. The van der Waals surface area contributed by atoms with Crippen molar-refractivity contribution in [2.24, 2.45) is 5.92 Å². The molecule has 1 aliphatic heterocycles. The molecule has 4 rings (SSSR count). The van der Waals surface area contributed by atoms with Crippen molar-refractivity contribution in [3.8, 4) is 0 Å². The summed E-state index contributed by atoms with van der Waals surface area (Å²) >= 11 is 0. The Morgan fingerprint density at radius 2 is 2.25 bits per heavy atom. The minimum Gasteiger partial charge on any atom is -0.396 e. The molecule has 1 saturated heterocycles. The number of aliphatic hydroxyl groups is 1. The van der Waals surface area contributed by atoms with E-state index in [1.165, 1.54) is 27.7 Å². The topological polar surface area (TPSA) is 48.5 Å². The summed E-state index contributed by atoms with van der Waals surface area (Å²) in [5, 5.41) is 11.2. The summed E-state index contributed by atoms with van der Waals surface area (Å²) in [7, 11) is 1.76. The van der Waals surface area contributed by atoms with Gasteiger partial charge in [0.1, 0.15) is 0 Å². The highest BCUT2D eigenvalue weighted by Crippen LogP contribution is 2.45. The van der Waals surface area contributed by atoms with Gasteiger partial charge in [-0.05, 0) is 48.9 Å². The Morgan fingerprint density at radius 3 is 3.00 bits per heavy atom. The van der Waals surface area contributed by atoms with Gasteiger partial charge in [-0.3, -0.25) is 4.90 Å². The molecule has 0 amide bonds. The minimum atomic E-state index is 0.300. The number of aliphatic hydroxyl groups excluding tert-OH is 1. The van der Waals surface area contributed by atoms with Crippen molar-refractivity contribution in [2.45, 2.75) is 44.8 Å². The maximum atomic E-state index is 9.78. The Kier molecular flexibility index (Phi) is 4.37. The molecule has 2 aromatic rings. The fourth-order valence-corrected chi connectivity index (χ4v) is 5.01. The van der Waals surface area contributed by atoms with Crippen LogP contribution < -0.4 is 0 Å². The highest BCUT2D eigenvalue weighted by Gasteiger charge is 2.40. The number of nitrogens with zero attached hydrogens (tertiary/aromatic N) is 1. The predicted octanol–water partition coefficient (Wildman–Crippen LogP) is 3.05. The number of piperidine rings is 1. The SMILES string of the molecule is CCCN1C[C@H](CO)CC2c3cccc4[nH]c(COC)c(c34)C[C@H]21. The molecule has 2 N–H and O–H groups in total. The molecule has 1 unspecified atom stereocenters. The van der Waals surface area contributed by atoms with Crippen LogP contribution >= 0.6 is 0 Å². The smallest absolute Gasteiger partial charge is 0.0865 e. The van der Waals surface area contributed by atoms with Gasteiger partial charge in [0.2, 0.25) is 0 Å². The average molecular weight is 328 g/mol. The first-order chi connectivity index (χ1) is 11.8. The first-order valence-corrected chi connectivity index (χ1v) is 9.23. The van der Waals surface area contributed by atoms with E-state index in [2.05, 4.69) is 35.0 Å². The van der Waals surface area contributed by atoms with E-state index in [1.807, 2.05) is 0 Å². The summed E-state index contributed by atoms with van der Waals surface area (Å²) in [6.07, 6.45) is 3.36. The molecule has 0 radical (unpaired) electrons. The van der Waals surface area contributed by atoms with Gasteiger partial charge in [0.15, 0.2) is 0 Å². The normalized spacial score (nSPS) is 26.7. The van der Waals surface area contributed by atoms with Gasteiger partial charge in [0.05, 0.1) is 6.61 Å². The zero-order valence-corrected chi connectivity index (χ0v) is 14.7. The van der Waals surface area contributed by atoms with Crippen LogP contribution in [-0.2, 0) is 17.8 Å². The second-order valence-corrected chi connectivity index (χ2v) is 7.44. The Balaban J connectivity index is 1.81. The van der Waals surface area contributed by atoms with Crippen LogP contribution in [0.25, 0.3) is 10.9 Å². The highest BCUT2D eigenvalue weighted by molar-refractivity contribution is 5.89. The summed E-state index contributed by atoms with van der Waals surface area (Å²) < 4.78 is 5.43. The average Bonchev–Trinajstić information content (AvgIpc) is 2.95. The summed E-state index contributed by atoms with van der Waals surface area (Å²) in [6.45, 7) is 5.34. The monoisotopic (exact) mass is 328 g/mol. The van der Waals surface area contributed by atoms with Gasteiger partial charge in [0, 0.05) is 48.8 Å². The second kappa shape index (κ2) is 6.51. The van der Waals surface area contributed by atoms with E-state index >= 15 is 0 Å². The van der Waals surface area contributed by atoms with Crippen molar-refractivity contribution < 1.29 is 9.84 Å². The molecule has 24 heavy (non-hydrogen) atoms. The molecule has 4 nitrogen and oxygen atoms in total. The number of likely N-dealkylation sites (tertiary alicyclic amines) is 1. The van der Waals surface area contributed by atoms with Gasteiger partial charge in [-0.25, -0.2) is 0 Å². The standard InChI is InChI=1S/C20H28N2O2/c1-3-7-22-10-13(11-23)8-15-14-5-4-6-17-20(14)16(9-19(15)22)18(21-17)12-24-2/h4-6,13,15,19,21,23H,3,7-12H2,1-2H3/t13-,15?,19-/m1/s1. The van der Waals surface area contributed by atoms with E-state index in [4.69, 9.17) is 4.74 Å². The van der Waals surface area contributed by atoms with E-state index in [0.29, 0.717) is 31.1 Å². The first kappa shape index (κ1) is 16.1. The zero-order valence-electron chi connectivity index (χ0n) is 14.7. The van der Waals surface area contributed by atoms with Crippen LogP contribution in [0.3, 0.4) is 0 Å². The molecule has 1 fully saturated rings. The molecule has 0 saturated carbocycles. The van der Waals surface area contributed by atoms with Gasteiger partial charge >= 0.3 is 0 Å². The number of benzene rings is 1. The molecule has 0 bridgehead atoms. The van der Waals surface area contributed by atoms with E-state index in [1.54, 1.807) is 7.11 Å². The maximum Gasteiger partial charge on any atom is 0.0865 e. The Morgan fingerprint density at radius 1 is 1.38 bits per heavy atom. The Bertz CT molecular complexity index is 724. The lowest BCUT2D eigenvalue weighted by Crippen LogP contribution is -2.50. The molecule has 3 atom stereocenters. The summed E-state index contributed by atoms with van der Waals surface area (Å²) in [6, 6.07) is 7.20. The number of aromatic amines is 1. The molecular formula is C20H28N2O2.